The maximum Gasteiger partial charge on any atom is 3.00 e. The van der Waals surface area contributed by atoms with Gasteiger partial charge in [0.1, 0.15) is 0 Å². The Labute approximate surface area is 305 Å². The minimum absolute atomic E-state index is 0. The molecule has 0 unspecified atom stereocenters. The first-order chi connectivity index (χ1) is 21.1. The Balaban J connectivity index is -0.000000131. The van der Waals surface area contributed by atoms with Gasteiger partial charge in [0.15, 0.2) is 11.8 Å². The first-order valence-corrected chi connectivity index (χ1v) is 20.0. The number of rotatable bonds is 20. The minimum atomic E-state index is -3.41. The molecule has 0 heterocycles. The van der Waals surface area contributed by atoms with Crippen LogP contribution in [-0.2, 0) is 54.5 Å². The Morgan fingerprint density at radius 1 is 0.362 bits per heavy atom. The monoisotopic (exact) mass is 914 g/mol. The summed E-state index contributed by atoms with van der Waals surface area (Å²) in [5.41, 5.74) is 0. The largest absolute Gasteiger partial charge is 3.00 e. The van der Waals surface area contributed by atoms with E-state index in [4.69, 9.17) is 82.2 Å². The van der Waals surface area contributed by atoms with Crippen LogP contribution < -0.4 is 0 Å². The summed E-state index contributed by atoms with van der Waals surface area (Å²) in [5.74, 6) is -0.688. The molecule has 0 aromatic heterocycles. The average Bonchev–Trinajstić information content (AvgIpc) is 2.84. The van der Waals surface area contributed by atoms with Gasteiger partial charge in [-0.05, 0) is 55.4 Å². The van der Waals surface area contributed by atoms with E-state index in [1.54, 1.807) is 55.4 Å². The van der Waals surface area contributed by atoms with Gasteiger partial charge in [-0.25, -0.2) is 0 Å². The number of hydrogen-bond donors (Lipinski definition) is 0. The van der Waals surface area contributed by atoms with Crippen molar-refractivity contribution in [2.45, 2.75) is 55.4 Å². The molecule has 0 amide bonds. The van der Waals surface area contributed by atoms with E-state index in [1.807, 2.05) is 0 Å². The Morgan fingerprint density at radius 3 is 0.511 bits per heavy atom. The van der Waals surface area contributed by atoms with Gasteiger partial charge >= 0.3 is 70.8 Å². The van der Waals surface area contributed by atoms with Crippen molar-refractivity contribution in [2.24, 2.45) is 0 Å². The van der Waals surface area contributed by atoms with Crippen molar-refractivity contribution in [3.63, 3.8) is 0 Å². The van der Waals surface area contributed by atoms with Gasteiger partial charge in [-0.3, -0.25) is 18.3 Å². The van der Waals surface area contributed by atoms with Crippen LogP contribution in [0.1, 0.15) is 55.4 Å². The van der Waals surface area contributed by atoms with Crippen molar-refractivity contribution >= 4 is 30.4 Å². The van der Waals surface area contributed by atoms with Crippen molar-refractivity contribution in [1.29, 1.82) is 0 Å². The van der Waals surface area contributed by atoms with Crippen LogP contribution in [0.15, 0.2) is 0 Å². The van der Waals surface area contributed by atoms with E-state index in [1.165, 1.54) is 0 Å². The topological polar surface area (TPSA) is 341 Å². The molecule has 1 radical (unpaired) electrons. The molecule has 0 rings (SSSR count). The van der Waals surface area contributed by atoms with E-state index >= 15 is 0 Å². The van der Waals surface area contributed by atoms with Crippen molar-refractivity contribution in [3.05, 3.63) is 46.0 Å². The summed E-state index contributed by atoms with van der Waals surface area (Å²) in [6, 6.07) is 0. The van der Waals surface area contributed by atoms with E-state index in [0.717, 1.165) is 0 Å². The second kappa shape index (κ2) is 35.4. The van der Waals surface area contributed by atoms with Gasteiger partial charge in [-0.2, -0.15) is 0 Å². The Morgan fingerprint density at radius 2 is 0.447 bits per heavy atom. The summed E-state index contributed by atoms with van der Waals surface area (Å²) in [6.45, 7) is 15.3. The molecule has 0 aliphatic heterocycles. The molecule has 29 heteroatoms. The van der Waals surface area contributed by atoms with Gasteiger partial charge in [-0.1, -0.05) is 0 Å². The van der Waals surface area contributed by atoms with Gasteiger partial charge in [0.2, 0.25) is 0 Å². The van der Waals surface area contributed by atoms with Gasteiger partial charge in [-0.15, -0.1) is 0 Å². The van der Waals surface area contributed by atoms with Crippen LogP contribution in [0.5, 0.6) is 0 Å². The molecule has 0 bridgehead atoms. The van der Waals surface area contributed by atoms with Crippen LogP contribution in [-0.4, -0.2) is 79.9 Å². The molecule has 0 aliphatic carbocycles. The first-order valence-electron chi connectivity index (χ1n) is 13.1. The fourth-order valence-corrected chi connectivity index (χ4v) is 11.9. The van der Waals surface area contributed by atoms with Gasteiger partial charge in [0.25, 0.3) is 0 Å². The zero-order valence-electron chi connectivity index (χ0n) is 27.2. The molecule has 24 nitrogen and oxygen atoms in total. The summed E-state index contributed by atoms with van der Waals surface area (Å²) in [4.78, 5) is 24.8. The summed E-state index contributed by atoms with van der Waals surface area (Å²) in [5, 5.41) is 44.2. The molecule has 0 atom stereocenters. The molecular formula is C18H44N3O21P4Sm. The average molecular weight is 913 g/mol. The Kier molecular flexibility index (Phi) is 44.2. The Hall–Kier alpha value is -0.462. The third-order valence-corrected chi connectivity index (χ3v) is 14.1. The first kappa shape index (κ1) is 58.7. The summed E-state index contributed by atoms with van der Waals surface area (Å²) in [7, 11) is -13.7. The molecule has 0 spiro atoms. The molecule has 0 aliphatic rings. The second-order valence-electron chi connectivity index (χ2n) is 6.74. The van der Waals surface area contributed by atoms with Crippen molar-refractivity contribution in [3.8, 4) is 0 Å². The van der Waals surface area contributed by atoms with Crippen LogP contribution >= 0.6 is 30.4 Å². The fraction of sp³-hybridized carbons (Fsp3) is 1.00. The molecule has 47 heavy (non-hydrogen) atoms. The van der Waals surface area contributed by atoms with Crippen molar-refractivity contribution in [2.75, 3.05) is 64.7 Å². The minimum Gasteiger partial charge on any atom is -0.356 e. The smallest absolute Gasteiger partial charge is 0.356 e. The maximum absolute atomic E-state index is 12.2. The van der Waals surface area contributed by atoms with E-state index in [-0.39, 0.29) is 105 Å². The number of nitrogens with zero attached hydrogens (tertiary/aromatic N) is 3. The van der Waals surface area contributed by atoms with Crippen LogP contribution in [0.3, 0.4) is 0 Å². The van der Waals surface area contributed by atoms with Gasteiger partial charge < -0.3 is 82.2 Å². The van der Waals surface area contributed by atoms with E-state index in [9.17, 15) is 18.3 Å². The van der Waals surface area contributed by atoms with Crippen LogP contribution in [0.25, 0.3) is 0 Å². The Bertz CT molecular complexity index is 800. The maximum atomic E-state index is 12.2. The molecule has 0 aromatic rings. The van der Waals surface area contributed by atoms with E-state index < -0.39 is 45.6 Å². The third kappa shape index (κ3) is 45.5. The van der Waals surface area contributed by atoms with Crippen LogP contribution in [0.2, 0.25) is 0 Å². The molecule has 0 N–H and O–H groups in total. The molecular weight excluding hydrogens is 868 g/mol. The second-order valence-corrected chi connectivity index (χ2v) is 16.0. The predicted molar refractivity (Wildman–Crippen MR) is 164 cm³/mol. The van der Waals surface area contributed by atoms with E-state index in [0.29, 0.717) is 0 Å². The zero-order valence-corrected chi connectivity index (χ0v) is 33.4. The summed E-state index contributed by atoms with van der Waals surface area (Å²) >= 11 is 0. The van der Waals surface area contributed by atoms with Crippen molar-refractivity contribution < 1.29 is 110 Å². The normalized spacial score (nSPS) is 10.9. The standard InChI is InChI=1S/2C9H22O6P2.3NO3.Sm/c2*1-5-12-16(10,13-6-2)9-17(11,14-7-3)15-8-4;3*2-1(3)4;/h2*5-9H2,1-4H3;;;;/q;;3*-1;+3. The molecule has 0 saturated heterocycles. The van der Waals surface area contributed by atoms with Crippen LogP contribution in [0.4, 0.5) is 0 Å². The van der Waals surface area contributed by atoms with Crippen molar-refractivity contribution in [1.82, 2.24) is 0 Å². The van der Waals surface area contributed by atoms with Crippen LogP contribution in [0, 0.1) is 86.4 Å². The SMILES string of the molecule is CCOP(=O)(CP(=O)(OCC)OCC)OCC.CCOP(=O)(CP(=O)(OCC)OCC)OCC.O=[N+]([O-])[O-].O=[N+]([O-])[O-].O=[N+]([O-])[O-].[Sm+3]. The third-order valence-electron chi connectivity index (χ3n) is 3.30. The quantitative estimate of drug-likeness (QED) is 0.0741. The summed E-state index contributed by atoms with van der Waals surface area (Å²) < 4.78 is 89.3. The van der Waals surface area contributed by atoms with Gasteiger partial charge in [0.05, 0.1) is 68.1 Å². The molecule has 283 valence electrons. The fourth-order valence-electron chi connectivity index (χ4n) is 2.47. The predicted octanol–water partition coefficient (Wildman–Crippen LogP) is 6.23. The molecule has 0 fully saturated rings. The molecule has 0 aromatic carbocycles. The summed E-state index contributed by atoms with van der Waals surface area (Å²) in [6.07, 6.45) is 0. The van der Waals surface area contributed by atoms with Gasteiger partial charge in [0, 0.05) is 0 Å². The number of hydrogen-bond acceptors (Lipinski definition) is 21. The zero-order chi connectivity index (χ0) is 37.5. The van der Waals surface area contributed by atoms with E-state index in [2.05, 4.69) is 0 Å². The molecule has 0 saturated carbocycles.